The molecular weight excluding hydrogens is 635 g/mol. The lowest BCUT2D eigenvalue weighted by Crippen LogP contribution is -2.42. The Morgan fingerprint density at radius 1 is 0.959 bits per heavy atom. The highest BCUT2D eigenvalue weighted by Crippen LogP contribution is 2.24. The summed E-state index contributed by atoms with van der Waals surface area (Å²) in [7, 11) is 1.57. The molecule has 4 aromatic rings. The maximum absolute atomic E-state index is 13.5. The lowest BCUT2D eigenvalue weighted by molar-refractivity contribution is 0.0324. The number of aromatic nitrogens is 2. The van der Waals surface area contributed by atoms with Crippen LogP contribution in [0.2, 0.25) is 0 Å². The molecule has 49 heavy (non-hydrogen) atoms. The van der Waals surface area contributed by atoms with Gasteiger partial charge >= 0.3 is 0 Å². The predicted octanol–water partition coefficient (Wildman–Crippen LogP) is 4.46. The molecule has 2 aliphatic rings. The van der Waals surface area contributed by atoms with E-state index in [1.54, 1.807) is 25.4 Å². The van der Waals surface area contributed by atoms with Gasteiger partial charge in [-0.1, -0.05) is 18.3 Å². The average molecular weight is 676 g/mol. The summed E-state index contributed by atoms with van der Waals surface area (Å²) in [4.78, 5) is 34.6. The summed E-state index contributed by atoms with van der Waals surface area (Å²) >= 11 is 0. The summed E-state index contributed by atoms with van der Waals surface area (Å²) in [6, 6.07) is 11.6. The zero-order valence-corrected chi connectivity index (χ0v) is 27.5. The van der Waals surface area contributed by atoms with E-state index in [0.717, 1.165) is 53.9 Å². The molecule has 1 amide bonds. The van der Waals surface area contributed by atoms with Crippen molar-refractivity contribution in [2.75, 3.05) is 66.1 Å². The molecule has 12 heteroatoms. The van der Waals surface area contributed by atoms with E-state index < -0.39 is 28.9 Å². The van der Waals surface area contributed by atoms with Gasteiger partial charge in [0.1, 0.15) is 11.3 Å². The van der Waals surface area contributed by atoms with Gasteiger partial charge in [-0.25, -0.2) is 13.2 Å². The number of rotatable bonds is 8. The molecule has 1 N–H and O–H groups in total. The maximum atomic E-state index is 13.5. The van der Waals surface area contributed by atoms with Crippen molar-refractivity contribution in [3.05, 3.63) is 105 Å². The third-order valence-electron chi connectivity index (χ3n) is 8.44. The van der Waals surface area contributed by atoms with Crippen molar-refractivity contribution in [2.45, 2.75) is 25.8 Å². The number of likely N-dealkylation sites (tertiary alicyclic amines) is 1. The van der Waals surface area contributed by atoms with E-state index in [4.69, 9.17) is 9.47 Å². The van der Waals surface area contributed by atoms with E-state index in [9.17, 15) is 22.8 Å². The molecule has 0 saturated carbocycles. The molecule has 2 aliphatic heterocycles. The molecule has 2 saturated heterocycles. The summed E-state index contributed by atoms with van der Waals surface area (Å²) in [6.07, 6.45) is 7.26. The van der Waals surface area contributed by atoms with Gasteiger partial charge in [0.15, 0.2) is 17.5 Å². The number of methoxy groups -OCH3 is 1. The van der Waals surface area contributed by atoms with Crippen LogP contribution in [0.15, 0.2) is 65.7 Å². The first-order valence-corrected chi connectivity index (χ1v) is 16.4. The predicted molar refractivity (Wildman–Crippen MR) is 181 cm³/mol. The van der Waals surface area contributed by atoms with Crippen LogP contribution >= 0.6 is 0 Å². The van der Waals surface area contributed by atoms with E-state index in [-0.39, 0.29) is 24.2 Å². The Balaban J connectivity index is 0.000000278. The number of benzene rings is 2. The molecule has 2 aromatic heterocycles. The van der Waals surface area contributed by atoms with Crippen molar-refractivity contribution < 1.29 is 27.4 Å². The van der Waals surface area contributed by atoms with Gasteiger partial charge in [-0.05, 0) is 80.0 Å². The highest BCUT2D eigenvalue weighted by atomic mass is 19.2. The molecule has 9 nitrogen and oxygen atoms in total. The minimum absolute atomic E-state index is 0.0240. The Bertz CT molecular complexity index is 1820. The Morgan fingerprint density at radius 3 is 2.39 bits per heavy atom. The summed E-state index contributed by atoms with van der Waals surface area (Å²) < 4.78 is 51.9. The molecule has 0 spiro atoms. The van der Waals surface area contributed by atoms with Crippen LogP contribution in [0.3, 0.4) is 0 Å². The third kappa shape index (κ3) is 9.92. The van der Waals surface area contributed by atoms with Crippen molar-refractivity contribution in [3.8, 4) is 17.6 Å². The molecule has 0 unspecified atom stereocenters. The second kappa shape index (κ2) is 17.6. The molecule has 0 atom stereocenters. The minimum Gasteiger partial charge on any atom is -0.496 e. The number of morpholine rings is 1. The lowest BCUT2D eigenvalue weighted by Gasteiger charge is -2.31. The van der Waals surface area contributed by atoms with Crippen molar-refractivity contribution in [2.24, 2.45) is 0 Å². The number of piperidine rings is 1. The third-order valence-corrected chi connectivity index (χ3v) is 8.44. The van der Waals surface area contributed by atoms with Crippen molar-refractivity contribution in [3.63, 3.8) is 0 Å². The van der Waals surface area contributed by atoms with E-state index in [2.05, 4.69) is 31.9 Å². The number of pyridine rings is 2. The fourth-order valence-corrected chi connectivity index (χ4v) is 5.76. The van der Waals surface area contributed by atoms with Gasteiger partial charge in [-0.3, -0.25) is 19.5 Å². The largest absolute Gasteiger partial charge is 0.496 e. The summed E-state index contributed by atoms with van der Waals surface area (Å²) in [6.45, 7) is 9.01. The maximum Gasteiger partial charge on any atom is 0.263 e. The molecule has 0 radical (unpaired) electrons. The zero-order chi connectivity index (χ0) is 34.6. The van der Waals surface area contributed by atoms with Gasteiger partial charge in [-0.2, -0.15) is 0 Å². The number of hydrogen-bond donors (Lipinski definition) is 1. The van der Waals surface area contributed by atoms with Gasteiger partial charge in [-0.15, -0.1) is 0 Å². The van der Waals surface area contributed by atoms with E-state index in [1.165, 1.54) is 63.8 Å². The van der Waals surface area contributed by atoms with Crippen LogP contribution in [0.1, 0.15) is 40.7 Å². The minimum atomic E-state index is -1.59. The Labute approximate surface area is 283 Å². The van der Waals surface area contributed by atoms with Crippen LogP contribution in [0, 0.1) is 29.3 Å². The summed E-state index contributed by atoms with van der Waals surface area (Å²) in [5.74, 6) is 1.47. The Hall–Kier alpha value is -4.70. The van der Waals surface area contributed by atoms with E-state index in [0.29, 0.717) is 11.3 Å². The van der Waals surface area contributed by atoms with Crippen LogP contribution in [-0.4, -0.2) is 91.4 Å². The fourth-order valence-electron chi connectivity index (χ4n) is 5.76. The quantitative estimate of drug-likeness (QED) is 0.218. The standard InChI is InChI=1S/C26H18F3N3O3.C11H22N2O/c1-35-23-8-10-30-22-7-6-16(12-19(22)23)4-2-9-31-25(33)18-5-3-11-32(26(18)34)15-17-13-20(27)24(29)21(28)14-17;1-2-4-12(5-3-1)6-7-13-8-10-14-11-9-13/h3,5-8,10-14H,9,15H2,1H3,(H,31,33);1-11H2. The second-order valence-electron chi connectivity index (χ2n) is 11.8. The van der Waals surface area contributed by atoms with Crippen molar-refractivity contribution in [1.82, 2.24) is 24.7 Å². The number of carbonyl (C=O) groups excluding carboxylic acids is 1. The Morgan fingerprint density at radius 2 is 1.67 bits per heavy atom. The van der Waals surface area contributed by atoms with Crippen molar-refractivity contribution >= 4 is 16.8 Å². The van der Waals surface area contributed by atoms with Gasteiger partial charge in [0.05, 0.1) is 38.9 Å². The van der Waals surface area contributed by atoms with E-state index in [1.807, 2.05) is 12.1 Å². The second-order valence-corrected chi connectivity index (χ2v) is 11.8. The van der Waals surface area contributed by atoms with Crippen LogP contribution < -0.4 is 15.6 Å². The van der Waals surface area contributed by atoms with Crippen LogP contribution in [0.5, 0.6) is 5.75 Å². The highest BCUT2D eigenvalue weighted by Gasteiger charge is 2.15. The van der Waals surface area contributed by atoms with Gasteiger partial charge in [0.2, 0.25) is 0 Å². The number of hydrogen-bond acceptors (Lipinski definition) is 7. The number of halogens is 3. The molecule has 6 rings (SSSR count). The van der Waals surface area contributed by atoms with Crippen LogP contribution in [0.4, 0.5) is 13.2 Å². The van der Waals surface area contributed by atoms with Gasteiger partial charge in [0.25, 0.3) is 11.5 Å². The number of fused-ring (bicyclic) bond motifs is 1. The summed E-state index contributed by atoms with van der Waals surface area (Å²) in [5.41, 5.74) is 0.652. The topological polar surface area (TPSA) is 88.9 Å². The molecule has 4 heterocycles. The van der Waals surface area contributed by atoms with Crippen LogP contribution in [-0.2, 0) is 11.3 Å². The number of amides is 1. The molecule has 2 aromatic carbocycles. The SMILES string of the molecule is C1CCN(CCN2CCOCC2)CC1.COc1ccnc2ccc(C#CCNC(=O)c3cccn(Cc4cc(F)c(F)c(F)c4)c3=O)cc12. The van der Waals surface area contributed by atoms with Gasteiger partial charge < -0.3 is 24.3 Å². The zero-order valence-electron chi connectivity index (χ0n) is 27.5. The highest BCUT2D eigenvalue weighted by molar-refractivity contribution is 5.94. The smallest absolute Gasteiger partial charge is 0.263 e. The molecule has 0 bridgehead atoms. The number of carbonyl (C=O) groups is 1. The molecule has 258 valence electrons. The van der Waals surface area contributed by atoms with Crippen LogP contribution in [0.25, 0.3) is 10.9 Å². The molecule has 0 aliphatic carbocycles. The average Bonchev–Trinajstić information content (AvgIpc) is 3.13. The van der Waals surface area contributed by atoms with Crippen molar-refractivity contribution in [1.29, 1.82) is 0 Å². The van der Waals surface area contributed by atoms with Gasteiger partial charge in [0, 0.05) is 49.5 Å². The van der Waals surface area contributed by atoms with E-state index >= 15 is 0 Å². The normalized spacial score (nSPS) is 15.1. The lowest BCUT2D eigenvalue weighted by atomic mass is 10.1. The monoisotopic (exact) mass is 675 g/mol. The number of nitrogens with one attached hydrogen (secondary N) is 1. The number of ether oxygens (including phenoxy) is 2. The summed E-state index contributed by atoms with van der Waals surface area (Å²) in [5, 5.41) is 3.36. The first-order valence-electron chi connectivity index (χ1n) is 16.4. The fraction of sp³-hybridized carbons (Fsp3) is 0.378. The molecular formula is C37H40F3N5O4. The Kier molecular flexibility index (Phi) is 12.8. The first kappa shape index (κ1) is 35.6. The number of nitrogens with zero attached hydrogens (tertiary/aromatic N) is 4. The first-order chi connectivity index (χ1) is 23.8. The molecule has 2 fully saturated rings.